The SMILES string of the molecule is Cc1[nH]ncc1CCCNCCNC(C)(C)C. The largest absolute Gasteiger partial charge is 0.315 e. The van der Waals surface area contributed by atoms with Gasteiger partial charge in [-0.3, -0.25) is 5.10 Å². The molecule has 0 radical (unpaired) electrons. The molecule has 4 nitrogen and oxygen atoms in total. The molecule has 0 fully saturated rings. The first kappa shape index (κ1) is 14.2. The first-order valence-electron chi connectivity index (χ1n) is 6.43. The van der Waals surface area contributed by atoms with E-state index in [1.807, 2.05) is 6.20 Å². The van der Waals surface area contributed by atoms with Crippen molar-refractivity contribution in [3.8, 4) is 0 Å². The molecule has 0 atom stereocenters. The van der Waals surface area contributed by atoms with E-state index in [1.54, 1.807) is 0 Å². The quantitative estimate of drug-likeness (QED) is 0.633. The molecular formula is C13H26N4. The van der Waals surface area contributed by atoms with Crippen LogP contribution in [0.15, 0.2) is 6.20 Å². The molecule has 1 aromatic rings. The highest BCUT2D eigenvalue weighted by Gasteiger charge is 2.06. The molecule has 0 aliphatic carbocycles. The fourth-order valence-corrected chi connectivity index (χ4v) is 1.68. The monoisotopic (exact) mass is 238 g/mol. The lowest BCUT2D eigenvalue weighted by Gasteiger charge is -2.20. The van der Waals surface area contributed by atoms with Gasteiger partial charge in [-0.05, 0) is 52.6 Å². The van der Waals surface area contributed by atoms with Gasteiger partial charge in [0.05, 0.1) is 6.20 Å². The van der Waals surface area contributed by atoms with Gasteiger partial charge in [0.15, 0.2) is 0 Å². The maximum Gasteiger partial charge on any atom is 0.0522 e. The Balaban J connectivity index is 1.97. The molecule has 0 aliphatic heterocycles. The molecule has 0 saturated carbocycles. The molecule has 0 aliphatic rings. The number of rotatable bonds is 7. The van der Waals surface area contributed by atoms with Crippen LogP contribution in [-0.4, -0.2) is 35.4 Å². The van der Waals surface area contributed by atoms with Crippen molar-refractivity contribution in [3.63, 3.8) is 0 Å². The molecule has 0 aromatic carbocycles. The number of aromatic nitrogens is 2. The summed E-state index contributed by atoms with van der Waals surface area (Å²) in [6.07, 6.45) is 4.19. The zero-order valence-corrected chi connectivity index (χ0v) is 11.6. The maximum atomic E-state index is 4.02. The van der Waals surface area contributed by atoms with E-state index in [2.05, 4.69) is 48.5 Å². The molecule has 0 amide bonds. The van der Waals surface area contributed by atoms with Crippen LogP contribution in [0.25, 0.3) is 0 Å². The summed E-state index contributed by atoms with van der Waals surface area (Å²) in [6.45, 7) is 11.8. The van der Waals surface area contributed by atoms with Crippen LogP contribution in [0.3, 0.4) is 0 Å². The van der Waals surface area contributed by atoms with Gasteiger partial charge in [0.25, 0.3) is 0 Å². The van der Waals surface area contributed by atoms with Crippen molar-refractivity contribution in [2.75, 3.05) is 19.6 Å². The number of H-pyrrole nitrogens is 1. The standard InChI is InChI=1S/C13H26N4/c1-11-12(10-16-17-11)6-5-7-14-8-9-15-13(2,3)4/h10,14-15H,5-9H2,1-4H3,(H,16,17). The maximum absolute atomic E-state index is 4.02. The van der Waals surface area contributed by atoms with Crippen molar-refractivity contribution in [2.24, 2.45) is 0 Å². The summed E-state index contributed by atoms with van der Waals surface area (Å²) in [7, 11) is 0. The fraction of sp³-hybridized carbons (Fsp3) is 0.769. The molecule has 4 heteroatoms. The lowest BCUT2D eigenvalue weighted by molar-refractivity contribution is 0.421. The Hall–Kier alpha value is -0.870. The van der Waals surface area contributed by atoms with Crippen LogP contribution >= 0.6 is 0 Å². The van der Waals surface area contributed by atoms with Crippen LogP contribution < -0.4 is 10.6 Å². The Morgan fingerprint density at radius 3 is 2.59 bits per heavy atom. The number of hydrogen-bond donors (Lipinski definition) is 3. The smallest absolute Gasteiger partial charge is 0.0522 e. The molecule has 1 aromatic heterocycles. The second kappa shape index (κ2) is 6.77. The molecule has 0 bridgehead atoms. The number of aryl methyl sites for hydroxylation is 2. The molecule has 1 heterocycles. The number of nitrogens with one attached hydrogen (secondary N) is 3. The van der Waals surface area contributed by atoms with E-state index in [0.29, 0.717) is 0 Å². The van der Waals surface area contributed by atoms with Crippen molar-refractivity contribution in [2.45, 2.75) is 46.1 Å². The molecule has 1 rings (SSSR count). The second-order valence-electron chi connectivity index (χ2n) is 5.55. The van der Waals surface area contributed by atoms with Crippen molar-refractivity contribution >= 4 is 0 Å². The van der Waals surface area contributed by atoms with Gasteiger partial charge in [0, 0.05) is 24.3 Å². The van der Waals surface area contributed by atoms with Gasteiger partial charge < -0.3 is 10.6 Å². The third-order valence-corrected chi connectivity index (χ3v) is 2.69. The Kier molecular flexibility index (Phi) is 5.65. The Morgan fingerprint density at radius 1 is 1.24 bits per heavy atom. The van der Waals surface area contributed by atoms with E-state index in [0.717, 1.165) is 32.5 Å². The lowest BCUT2D eigenvalue weighted by atomic mass is 10.1. The van der Waals surface area contributed by atoms with Crippen LogP contribution in [-0.2, 0) is 6.42 Å². The van der Waals surface area contributed by atoms with Gasteiger partial charge in [-0.25, -0.2) is 0 Å². The van der Waals surface area contributed by atoms with Gasteiger partial charge in [0.2, 0.25) is 0 Å². The third-order valence-electron chi connectivity index (χ3n) is 2.69. The summed E-state index contributed by atoms with van der Waals surface area (Å²) in [5.41, 5.74) is 2.74. The molecule has 0 unspecified atom stereocenters. The van der Waals surface area contributed by atoms with E-state index in [4.69, 9.17) is 0 Å². The third kappa shape index (κ3) is 6.44. The highest BCUT2D eigenvalue weighted by Crippen LogP contribution is 2.04. The van der Waals surface area contributed by atoms with Gasteiger partial charge in [-0.1, -0.05) is 0 Å². The predicted octanol–water partition coefficient (Wildman–Crippen LogP) is 1.63. The van der Waals surface area contributed by atoms with Crippen LogP contribution in [0.2, 0.25) is 0 Å². The first-order valence-corrected chi connectivity index (χ1v) is 6.43. The molecule has 0 spiro atoms. The highest BCUT2D eigenvalue weighted by molar-refractivity contribution is 5.14. The molecule has 98 valence electrons. The van der Waals surface area contributed by atoms with E-state index in [9.17, 15) is 0 Å². The van der Waals surface area contributed by atoms with Crippen molar-refractivity contribution in [1.29, 1.82) is 0 Å². The predicted molar refractivity (Wildman–Crippen MR) is 72.3 cm³/mol. The number of hydrogen-bond acceptors (Lipinski definition) is 3. The summed E-state index contributed by atoms with van der Waals surface area (Å²) in [4.78, 5) is 0. The number of nitrogens with zero attached hydrogens (tertiary/aromatic N) is 1. The van der Waals surface area contributed by atoms with Gasteiger partial charge in [-0.2, -0.15) is 5.10 Å². The number of aromatic amines is 1. The Labute approximate surface area is 105 Å². The normalized spacial score (nSPS) is 12.0. The van der Waals surface area contributed by atoms with Gasteiger partial charge >= 0.3 is 0 Å². The van der Waals surface area contributed by atoms with Crippen LogP contribution in [0.5, 0.6) is 0 Å². The van der Waals surface area contributed by atoms with Crippen molar-refractivity contribution < 1.29 is 0 Å². The highest BCUT2D eigenvalue weighted by atomic mass is 15.1. The van der Waals surface area contributed by atoms with Crippen LogP contribution in [0, 0.1) is 6.92 Å². The minimum atomic E-state index is 0.218. The van der Waals surface area contributed by atoms with E-state index in [-0.39, 0.29) is 5.54 Å². The minimum absolute atomic E-state index is 0.218. The molecule has 17 heavy (non-hydrogen) atoms. The van der Waals surface area contributed by atoms with Crippen molar-refractivity contribution in [1.82, 2.24) is 20.8 Å². The summed E-state index contributed by atoms with van der Waals surface area (Å²) in [5.74, 6) is 0. The molecule has 3 N–H and O–H groups in total. The Morgan fingerprint density at radius 2 is 2.00 bits per heavy atom. The summed E-state index contributed by atoms with van der Waals surface area (Å²) in [5, 5.41) is 13.9. The summed E-state index contributed by atoms with van der Waals surface area (Å²) in [6, 6.07) is 0. The van der Waals surface area contributed by atoms with Gasteiger partial charge in [0.1, 0.15) is 0 Å². The van der Waals surface area contributed by atoms with E-state index < -0.39 is 0 Å². The summed E-state index contributed by atoms with van der Waals surface area (Å²) >= 11 is 0. The van der Waals surface area contributed by atoms with Crippen LogP contribution in [0.1, 0.15) is 38.4 Å². The average Bonchev–Trinajstić information content (AvgIpc) is 2.61. The fourth-order valence-electron chi connectivity index (χ4n) is 1.68. The molecular weight excluding hydrogens is 212 g/mol. The average molecular weight is 238 g/mol. The van der Waals surface area contributed by atoms with Crippen LogP contribution in [0.4, 0.5) is 0 Å². The minimum Gasteiger partial charge on any atom is -0.315 e. The summed E-state index contributed by atoms with van der Waals surface area (Å²) < 4.78 is 0. The zero-order chi connectivity index (χ0) is 12.7. The van der Waals surface area contributed by atoms with E-state index in [1.165, 1.54) is 11.3 Å². The lowest BCUT2D eigenvalue weighted by Crippen LogP contribution is -2.40. The Bertz CT molecular complexity index is 311. The zero-order valence-electron chi connectivity index (χ0n) is 11.6. The van der Waals surface area contributed by atoms with Crippen molar-refractivity contribution in [3.05, 3.63) is 17.5 Å². The van der Waals surface area contributed by atoms with Gasteiger partial charge in [-0.15, -0.1) is 0 Å². The molecule has 0 saturated heterocycles. The van der Waals surface area contributed by atoms with E-state index >= 15 is 0 Å². The topological polar surface area (TPSA) is 52.7 Å². The first-order chi connectivity index (χ1) is 7.99. The second-order valence-corrected chi connectivity index (χ2v) is 5.55.